The Balaban J connectivity index is 1.37. The fourth-order valence-electron chi connectivity index (χ4n) is 3.80. The van der Waals surface area contributed by atoms with E-state index in [0.717, 1.165) is 30.6 Å². The van der Waals surface area contributed by atoms with Crippen LogP contribution in [0.3, 0.4) is 0 Å². The lowest BCUT2D eigenvalue weighted by atomic mass is 9.89. The molecule has 2 aliphatic rings. The van der Waals surface area contributed by atoms with Crippen LogP contribution in [0, 0.1) is 5.92 Å². The SMILES string of the molecule is CC1CCc2c(cnc3c(C(=O)NCc4ccc5c(c4)OCO5)cnn23)C1. The fourth-order valence-corrected chi connectivity index (χ4v) is 3.80. The van der Waals surface area contributed by atoms with Gasteiger partial charge in [-0.1, -0.05) is 13.0 Å². The van der Waals surface area contributed by atoms with Crippen LogP contribution < -0.4 is 14.8 Å². The third kappa shape index (κ3) is 2.79. The highest BCUT2D eigenvalue weighted by Crippen LogP contribution is 2.32. The Kier molecular flexibility index (Phi) is 3.74. The second-order valence-corrected chi connectivity index (χ2v) is 7.24. The minimum atomic E-state index is -0.181. The van der Waals surface area contributed by atoms with E-state index in [2.05, 4.69) is 22.3 Å². The summed E-state index contributed by atoms with van der Waals surface area (Å²) in [4.78, 5) is 17.2. The molecule has 1 aromatic carbocycles. The predicted molar refractivity (Wildman–Crippen MR) is 97.9 cm³/mol. The van der Waals surface area contributed by atoms with Crippen molar-refractivity contribution in [3.05, 3.63) is 53.0 Å². The van der Waals surface area contributed by atoms with Crippen molar-refractivity contribution in [2.45, 2.75) is 32.7 Å². The molecule has 0 saturated heterocycles. The Bertz CT molecular complexity index is 1040. The van der Waals surface area contributed by atoms with Gasteiger partial charge < -0.3 is 14.8 Å². The van der Waals surface area contributed by atoms with Gasteiger partial charge in [0.15, 0.2) is 17.1 Å². The number of fused-ring (bicyclic) bond motifs is 4. The molecule has 7 heteroatoms. The molecule has 1 atom stereocenters. The van der Waals surface area contributed by atoms with Crippen LogP contribution in [0.25, 0.3) is 5.65 Å². The van der Waals surface area contributed by atoms with Gasteiger partial charge in [-0.25, -0.2) is 9.50 Å². The molecular formula is C20H20N4O3. The van der Waals surface area contributed by atoms with Gasteiger partial charge in [0.2, 0.25) is 6.79 Å². The van der Waals surface area contributed by atoms with E-state index in [9.17, 15) is 4.79 Å². The maximum atomic E-state index is 12.7. The molecule has 138 valence electrons. The summed E-state index contributed by atoms with van der Waals surface area (Å²) in [6, 6.07) is 5.65. The Morgan fingerprint density at radius 2 is 2.19 bits per heavy atom. The van der Waals surface area contributed by atoms with Crippen LogP contribution >= 0.6 is 0 Å². The van der Waals surface area contributed by atoms with Gasteiger partial charge in [-0.15, -0.1) is 0 Å². The van der Waals surface area contributed by atoms with Crippen molar-refractivity contribution in [3.63, 3.8) is 0 Å². The van der Waals surface area contributed by atoms with Crippen LogP contribution in [0.5, 0.6) is 11.5 Å². The molecule has 2 aromatic heterocycles. The van der Waals surface area contributed by atoms with Gasteiger partial charge in [-0.3, -0.25) is 4.79 Å². The average Bonchev–Trinajstić information content (AvgIpc) is 3.32. The smallest absolute Gasteiger partial charge is 0.257 e. The highest BCUT2D eigenvalue weighted by Gasteiger charge is 2.22. The van der Waals surface area contributed by atoms with Gasteiger partial charge in [0.1, 0.15) is 5.56 Å². The van der Waals surface area contributed by atoms with Crippen LogP contribution in [0.1, 0.15) is 40.5 Å². The predicted octanol–water partition coefficient (Wildman–Crippen LogP) is 2.51. The van der Waals surface area contributed by atoms with Gasteiger partial charge in [-0.2, -0.15) is 5.10 Å². The normalized spacial score (nSPS) is 17.7. The summed E-state index contributed by atoms with van der Waals surface area (Å²) in [5, 5.41) is 7.38. The van der Waals surface area contributed by atoms with Crippen LogP contribution in [0.2, 0.25) is 0 Å². The molecule has 0 radical (unpaired) electrons. The molecule has 27 heavy (non-hydrogen) atoms. The van der Waals surface area contributed by atoms with E-state index in [4.69, 9.17) is 9.47 Å². The van der Waals surface area contributed by atoms with Crippen molar-refractivity contribution in [2.75, 3.05) is 6.79 Å². The molecule has 0 spiro atoms. The zero-order valence-corrected chi connectivity index (χ0v) is 15.1. The number of nitrogens with zero attached hydrogens (tertiary/aromatic N) is 3. The number of carbonyl (C=O) groups excluding carboxylic acids is 1. The summed E-state index contributed by atoms with van der Waals surface area (Å²) < 4.78 is 12.5. The van der Waals surface area contributed by atoms with Gasteiger partial charge in [0.05, 0.1) is 6.20 Å². The molecule has 0 fully saturated rings. The highest BCUT2D eigenvalue weighted by atomic mass is 16.7. The Morgan fingerprint density at radius 3 is 3.11 bits per heavy atom. The second kappa shape index (κ2) is 6.26. The number of amides is 1. The fraction of sp³-hybridized carbons (Fsp3) is 0.350. The molecule has 0 bridgehead atoms. The highest BCUT2D eigenvalue weighted by molar-refractivity contribution is 5.99. The number of nitrogens with one attached hydrogen (secondary N) is 1. The molecule has 0 saturated carbocycles. The van der Waals surface area contributed by atoms with Crippen molar-refractivity contribution < 1.29 is 14.3 Å². The van der Waals surface area contributed by atoms with Crippen molar-refractivity contribution in [1.82, 2.24) is 19.9 Å². The van der Waals surface area contributed by atoms with E-state index >= 15 is 0 Å². The van der Waals surface area contributed by atoms with Crippen LogP contribution in [-0.4, -0.2) is 27.3 Å². The van der Waals surface area contributed by atoms with Crippen molar-refractivity contribution >= 4 is 11.6 Å². The first-order valence-corrected chi connectivity index (χ1v) is 9.20. The average molecular weight is 364 g/mol. The summed E-state index contributed by atoms with van der Waals surface area (Å²) in [6.07, 6.45) is 6.63. The lowest BCUT2D eigenvalue weighted by molar-refractivity contribution is 0.0952. The van der Waals surface area contributed by atoms with Gasteiger partial charge in [0, 0.05) is 18.4 Å². The number of aromatic nitrogens is 3. The largest absolute Gasteiger partial charge is 0.454 e. The van der Waals surface area contributed by atoms with E-state index in [1.807, 2.05) is 28.9 Å². The van der Waals surface area contributed by atoms with E-state index in [1.165, 1.54) is 11.3 Å². The standard InChI is InChI=1S/C20H20N4O3/c1-12-2-4-16-14(6-12)9-21-19-15(10-23-24(16)19)20(25)22-8-13-3-5-17-18(7-13)27-11-26-17/h3,5,7,9-10,12H,2,4,6,8,11H2,1H3,(H,22,25). The molecule has 1 unspecified atom stereocenters. The van der Waals surface area contributed by atoms with Crippen LogP contribution in [-0.2, 0) is 19.4 Å². The van der Waals surface area contributed by atoms with Crippen LogP contribution in [0.4, 0.5) is 0 Å². The molecule has 3 heterocycles. The maximum Gasteiger partial charge on any atom is 0.257 e. The lowest BCUT2D eigenvalue weighted by Gasteiger charge is -2.21. The van der Waals surface area contributed by atoms with Gasteiger partial charge in [0.25, 0.3) is 5.91 Å². The Labute approximate surface area is 156 Å². The van der Waals surface area contributed by atoms with E-state index in [1.54, 1.807) is 6.20 Å². The first kappa shape index (κ1) is 16.1. The summed E-state index contributed by atoms with van der Waals surface area (Å²) in [5.41, 5.74) is 4.47. The zero-order valence-electron chi connectivity index (χ0n) is 15.1. The number of aryl methyl sites for hydroxylation is 1. The van der Waals surface area contributed by atoms with E-state index in [-0.39, 0.29) is 12.7 Å². The lowest BCUT2D eigenvalue weighted by Crippen LogP contribution is -2.23. The topological polar surface area (TPSA) is 77.8 Å². The molecular weight excluding hydrogens is 344 g/mol. The number of rotatable bonds is 3. The number of benzene rings is 1. The van der Waals surface area contributed by atoms with Crippen molar-refractivity contribution in [2.24, 2.45) is 5.92 Å². The van der Waals surface area contributed by atoms with Crippen molar-refractivity contribution in [1.29, 1.82) is 0 Å². The van der Waals surface area contributed by atoms with Crippen molar-refractivity contribution in [3.8, 4) is 11.5 Å². The minimum absolute atomic E-state index is 0.181. The zero-order chi connectivity index (χ0) is 18.4. The molecule has 1 aliphatic carbocycles. The molecule has 1 aliphatic heterocycles. The number of carbonyl (C=O) groups is 1. The molecule has 1 amide bonds. The minimum Gasteiger partial charge on any atom is -0.454 e. The maximum absolute atomic E-state index is 12.7. The monoisotopic (exact) mass is 364 g/mol. The number of hydrogen-bond acceptors (Lipinski definition) is 5. The van der Waals surface area contributed by atoms with Gasteiger partial charge >= 0.3 is 0 Å². The third-order valence-corrected chi connectivity index (χ3v) is 5.29. The summed E-state index contributed by atoms with van der Waals surface area (Å²) >= 11 is 0. The Morgan fingerprint density at radius 1 is 1.30 bits per heavy atom. The summed E-state index contributed by atoms with van der Waals surface area (Å²) in [5.74, 6) is 1.92. The third-order valence-electron chi connectivity index (χ3n) is 5.29. The number of hydrogen-bond donors (Lipinski definition) is 1. The molecule has 3 aromatic rings. The first-order valence-electron chi connectivity index (χ1n) is 9.20. The molecule has 5 rings (SSSR count). The summed E-state index contributed by atoms with van der Waals surface area (Å²) in [7, 11) is 0. The number of ether oxygens (including phenoxy) is 2. The second-order valence-electron chi connectivity index (χ2n) is 7.24. The molecule has 7 nitrogen and oxygen atoms in total. The summed E-state index contributed by atoms with van der Waals surface area (Å²) in [6.45, 7) is 2.89. The van der Waals surface area contributed by atoms with Gasteiger partial charge in [-0.05, 0) is 48.4 Å². The van der Waals surface area contributed by atoms with E-state index < -0.39 is 0 Å². The quantitative estimate of drug-likeness (QED) is 0.773. The van der Waals surface area contributed by atoms with E-state index in [0.29, 0.717) is 29.4 Å². The Hall–Kier alpha value is -3.09. The molecule has 1 N–H and O–H groups in total. The first-order chi connectivity index (χ1) is 13.2. The van der Waals surface area contributed by atoms with Crippen LogP contribution in [0.15, 0.2) is 30.6 Å².